The highest BCUT2D eigenvalue weighted by atomic mass is 19.1. The van der Waals surface area contributed by atoms with Crippen LogP contribution in [0, 0.1) is 11.7 Å². The molecule has 1 fully saturated rings. The summed E-state index contributed by atoms with van der Waals surface area (Å²) in [6.45, 7) is 7.69. The first-order chi connectivity index (χ1) is 13.9. The number of pyridine rings is 1. The van der Waals surface area contributed by atoms with Gasteiger partial charge in [-0.25, -0.2) is 9.37 Å². The number of halogens is 1. The minimum atomic E-state index is -0.473. The van der Waals surface area contributed by atoms with E-state index in [1.165, 1.54) is 25.0 Å². The van der Waals surface area contributed by atoms with Gasteiger partial charge in [0.1, 0.15) is 17.7 Å². The standard InChI is InChI=1S/C23H31FN4O/c1-4-27(19-10-11-19)22-12-5-17(14-26-22)15-28(20-8-6-18(24)7-9-20)21(23(25)29)13-16(2)3/h5-9,12,14,16,19,21H,4,10-11,13,15H2,1-3H3,(H2,25,29)/t21-/m0/s1. The number of benzene rings is 1. The van der Waals surface area contributed by atoms with Gasteiger partial charge in [-0.1, -0.05) is 19.9 Å². The molecule has 5 nitrogen and oxygen atoms in total. The van der Waals surface area contributed by atoms with Crippen LogP contribution in [0.1, 0.15) is 45.6 Å². The number of primary amides is 1. The van der Waals surface area contributed by atoms with Crippen molar-refractivity contribution in [3.05, 3.63) is 54.0 Å². The van der Waals surface area contributed by atoms with Gasteiger partial charge in [0.2, 0.25) is 5.91 Å². The average Bonchev–Trinajstić information content (AvgIpc) is 3.52. The second-order valence-corrected chi connectivity index (χ2v) is 8.19. The summed E-state index contributed by atoms with van der Waals surface area (Å²) in [6.07, 6.45) is 4.95. The summed E-state index contributed by atoms with van der Waals surface area (Å²) in [5, 5.41) is 0. The van der Waals surface area contributed by atoms with E-state index in [2.05, 4.69) is 36.7 Å². The molecule has 2 aromatic rings. The number of carbonyl (C=O) groups is 1. The number of nitrogens with zero attached hydrogens (tertiary/aromatic N) is 3. The number of aromatic nitrogens is 1. The number of carbonyl (C=O) groups excluding carboxylic acids is 1. The van der Waals surface area contributed by atoms with Crippen LogP contribution in [0.3, 0.4) is 0 Å². The fraction of sp³-hybridized carbons (Fsp3) is 0.478. The zero-order valence-corrected chi connectivity index (χ0v) is 17.5. The Bertz CT molecular complexity index is 803. The van der Waals surface area contributed by atoms with Crippen LogP contribution >= 0.6 is 0 Å². The van der Waals surface area contributed by atoms with E-state index < -0.39 is 6.04 Å². The molecule has 0 unspecified atom stereocenters. The first-order valence-corrected chi connectivity index (χ1v) is 10.4. The fourth-order valence-electron chi connectivity index (χ4n) is 3.73. The molecule has 1 amide bonds. The van der Waals surface area contributed by atoms with Crippen molar-refractivity contribution in [3.8, 4) is 0 Å². The predicted octanol–water partition coefficient (Wildman–Crippen LogP) is 4.12. The summed E-state index contributed by atoms with van der Waals surface area (Å²) in [5.74, 6) is 0.603. The second-order valence-electron chi connectivity index (χ2n) is 8.19. The van der Waals surface area contributed by atoms with Crippen molar-refractivity contribution in [2.24, 2.45) is 11.7 Å². The van der Waals surface area contributed by atoms with Gasteiger partial charge >= 0.3 is 0 Å². The predicted molar refractivity (Wildman–Crippen MR) is 115 cm³/mol. The Hall–Kier alpha value is -2.63. The number of amides is 1. The number of hydrogen-bond donors (Lipinski definition) is 1. The third-order valence-corrected chi connectivity index (χ3v) is 5.34. The Kier molecular flexibility index (Phi) is 6.72. The lowest BCUT2D eigenvalue weighted by Gasteiger charge is -2.33. The topological polar surface area (TPSA) is 62.5 Å². The summed E-state index contributed by atoms with van der Waals surface area (Å²) in [6, 6.07) is 10.4. The van der Waals surface area contributed by atoms with Crippen molar-refractivity contribution < 1.29 is 9.18 Å². The highest BCUT2D eigenvalue weighted by Gasteiger charge is 2.29. The molecule has 1 saturated carbocycles. The van der Waals surface area contributed by atoms with E-state index in [0.29, 0.717) is 24.9 Å². The van der Waals surface area contributed by atoms with Crippen LogP contribution in [0.2, 0.25) is 0 Å². The smallest absolute Gasteiger partial charge is 0.240 e. The van der Waals surface area contributed by atoms with Crippen LogP contribution in [0.4, 0.5) is 15.9 Å². The molecule has 0 spiro atoms. The average molecular weight is 399 g/mol. The normalized spacial score (nSPS) is 14.7. The van der Waals surface area contributed by atoms with Crippen LogP contribution in [0.5, 0.6) is 0 Å². The molecule has 156 valence electrons. The van der Waals surface area contributed by atoms with Gasteiger partial charge in [0.05, 0.1) is 0 Å². The van der Waals surface area contributed by atoms with Crippen molar-refractivity contribution in [2.75, 3.05) is 16.3 Å². The van der Waals surface area contributed by atoms with Gasteiger partial charge in [-0.05, 0) is 68.0 Å². The zero-order chi connectivity index (χ0) is 21.0. The van der Waals surface area contributed by atoms with Gasteiger partial charge in [-0.3, -0.25) is 4.79 Å². The van der Waals surface area contributed by atoms with Crippen LogP contribution in [0.15, 0.2) is 42.6 Å². The van der Waals surface area contributed by atoms with E-state index >= 15 is 0 Å². The molecule has 0 radical (unpaired) electrons. The molecule has 0 aliphatic heterocycles. The molecular formula is C23H31FN4O. The number of rotatable bonds is 10. The van der Waals surface area contributed by atoms with Crippen LogP contribution in [0.25, 0.3) is 0 Å². The van der Waals surface area contributed by atoms with Crippen molar-refractivity contribution in [1.29, 1.82) is 0 Å². The molecule has 1 aliphatic rings. The Labute approximate surface area is 172 Å². The minimum Gasteiger partial charge on any atom is -0.368 e. The molecular weight excluding hydrogens is 367 g/mol. The third kappa shape index (κ3) is 5.46. The maximum atomic E-state index is 13.4. The lowest BCUT2D eigenvalue weighted by molar-refractivity contribution is -0.119. The van der Waals surface area contributed by atoms with Crippen molar-refractivity contribution in [3.63, 3.8) is 0 Å². The van der Waals surface area contributed by atoms with E-state index in [1.54, 1.807) is 12.1 Å². The van der Waals surface area contributed by atoms with Gasteiger partial charge in [-0.2, -0.15) is 0 Å². The molecule has 1 aliphatic carbocycles. The first kappa shape index (κ1) is 21.1. The summed E-state index contributed by atoms with van der Waals surface area (Å²) in [4.78, 5) is 21.2. The Morgan fingerprint density at radius 1 is 1.21 bits per heavy atom. The van der Waals surface area contributed by atoms with Crippen molar-refractivity contribution >= 4 is 17.4 Å². The molecule has 0 saturated heterocycles. The van der Waals surface area contributed by atoms with Crippen LogP contribution in [-0.4, -0.2) is 29.5 Å². The summed E-state index contributed by atoms with van der Waals surface area (Å²) in [5.41, 5.74) is 7.51. The monoisotopic (exact) mass is 398 g/mol. The zero-order valence-electron chi connectivity index (χ0n) is 17.5. The fourth-order valence-corrected chi connectivity index (χ4v) is 3.73. The van der Waals surface area contributed by atoms with Crippen molar-refractivity contribution in [2.45, 2.75) is 58.7 Å². The Morgan fingerprint density at radius 3 is 2.38 bits per heavy atom. The van der Waals surface area contributed by atoms with E-state index in [9.17, 15) is 9.18 Å². The molecule has 1 aromatic carbocycles. The van der Waals surface area contributed by atoms with E-state index in [-0.39, 0.29) is 11.7 Å². The molecule has 6 heteroatoms. The SMILES string of the molecule is CCN(c1ccc(CN(c2ccc(F)cc2)[C@@H](CC(C)C)C(N)=O)cn1)C1CC1. The first-order valence-electron chi connectivity index (χ1n) is 10.4. The van der Waals surface area contributed by atoms with Gasteiger partial charge in [0.15, 0.2) is 0 Å². The number of hydrogen-bond acceptors (Lipinski definition) is 4. The Morgan fingerprint density at radius 2 is 1.90 bits per heavy atom. The molecule has 1 atom stereocenters. The number of nitrogens with two attached hydrogens (primary N) is 1. The van der Waals surface area contributed by atoms with Crippen molar-refractivity contribution in [1.82, 2.24) is 4.98 Å². The van der Waals surface area contributed by atoms with E-state index in [4.69, 9.17) is 5.73 Å². The van der Waals surface area contributed by atoms with E-state index in [0.717, 1.165) is 23.6 Å². The molecule has 3 rings (SSSR count). The molecule has 2 N–H and O–H groups in total. The van der Waals surface area contributed by atoms with Gasteiger partial charge in [-0.15, -0.1) is 0 Å². The Balaban J connectivity index is 1.85. The maximum absolute atomic E-state index is 13.4. The summed E-state index contributed by atoms with van der Waals surface area (Å²) in [7, 11) is 0. The van der Waals surface area contributed by atoms with Crippen LogP contribution < -0.4 is 15.5 Å². The lowest BCUT2D eigenvalue weighted by Crippen LogP contribution is -2.45. The molecule has 29 heavy (non-hydrogen) atoms. The quantitative estimate of drug-likeness (QED) is 0.654. The second kappa shape index (κ2) is 9.25. The minimum absolute atomic E-state index is 0.299. The summed E-state index contributed by atoms with van der Waals surface area (Å²) < 4.78 is 13.4. The number of anilines is 2. The lowest BCUT2D eigenvalue weighted by atomic mass is 10.0. The summed E-state index contributed by atoms with van der Waals surface area (Å²) >= 11 is 0. The van der Waals surface area contributed by atoms with Gasteiger partial charge < -0.3 is 15.5 Å². The van der Waals surface area contributed by atoms with Gasteiger partial charge in [0, 0.05) is 31.0 Å². The highest BCUT2D eigenvalue weighted by molar-refractivity contribution is 5.83. The van der Waals surface area contributed by atoms with Gasteiger partial charge in [0.25, 0.3) is 0 Å². The van der Waals surface area contributed by atoms with Crippen LogP contribution in [-0.2, 0) is 11.3 Å². The maximum Gasteiger partial charge on any atom is 0.240 e. The third-order valence-electron chi connectivity index (χ3n) is 5.34. The molecule has 0 bridgehead atoms. The molecule has 1 aromatic heterocycles. The largest absolute Gasteiger partial charge is 0.368 e. The molecule has 1 heterocycles. The highest BCUT2D eigenvalue weighted by Crippen LogP contribution is 2.30. The van der Waals surface area contributed by atoms with E-state index in [1.807, 2.05) is 17.2 Å².